The number of hydrogen-bond acceptors (Lipinski definition) is 6. The summed E-state index contributed by atoms with van der Waals surface area (Å²) in [6.07, 6.45) is 1.07. The number of pyridine rings is 1. The maximum absolute atomic E-state index is 12.9. The van der Waals surface area contributed by atoms with Crippen LogP contribution in [0.2, 0.25) is 0 Å². The minimum atomic E-state index is -2.31. The lowest BCUT2D eigenvalue weighted by molar-refractivity contribution is -0.114. The summed E-state index contributed by atoms with van der Waals surface area (Å²) >= 11 is 0. The van der Waals surface area contributed by atoms with E-state index in [0.29, 0.717) is 29.6 Å². The standard InChI is InChI=1S/C11H9FN2O.C10H21F2NO.C8H8FNO2/c1-7(15)14-11-5-9-4-10(12)3-2-8(9)6-13-11;1-5-8(6-10(2,3)14)13(4)7-9(11)12;9-7-3-1-2-6(8(7)12)4-10-5-11/h2-6H,1H3,(H,13,14,15);8-9,14H,5-7H2,1-4H3;1-3,5,12H,4H2,(H,10,11). The zero-order valence-corrected chi connectivity index (χ0v) is 23.8. The topological polar surface area (TPSA) is 115 Å². The van der Waals surface area contributed by atoms with Crippen LogP contribution in [0.5, 0.6) is 5.75 Å². The van der Waals surface area contributed by atoms with Gasteiger partial charge in [-0.05, 0) is 69.5 Å². The first-order valence-corrected chi connectivity index (χ1v) is 12.8. The van der Waals surface area contributed by atoms with Gasteiger partial charge in [-0.25, -0.2) is 22.5 Å². The van der Waals surface area contributed by atoms with Crippen molar-refractivity contribution in [2.45, 2.75) is 65.1 Å². The number of phenols is 1. The van der Waals surface area contributed by atoms with E-state index in [-0.39, 0.29) is 30.9 Å². The van der Waals surface area contributed by atoms with Crippen molar-refractivity contribution in [3.63, 3.8) is 0 Å². The Hall–Kier alpha value is -3.77. The van der Waals surface area contributed by atoms with Crippen LogP contribution in [-0.4, -0.2) is 64.1 Å². The van der Waals surface area contributed by atoms with Gasteiger partial charge in [0, 0.05) is 36.7 Å². The highest BCUT2D eigenvalue weighted by molar-refractivity contribution is 5.91. The van der Waals surface area contributed by atoms with Gasteiger partial charge in [0.15, 0.2) is 11.6 Å². The predicted octanol–water partition coefficient (Wildman–Crippen LogP) is 5.23. The zero-order chi connectivity index (χ0) is 31.2. The number of nitrogens with one attached hydrogen (secondary N) is 2. The van der Waals surface area contributed by atoms with Crippen molar-refractivity contribution < 1.29 is 37.4 Å². The summed E-state index contributed by atoms with van der Waals surface area (Å²) < 4.78 is 49.8. The van der Waals surface area contributed by atoms with Crippen LogP contribution in [0.25, 0.3) is 10.8 Å². The number of hydrogen-bond donors (Lipinski definition) is 4. The monoisotopic (exact) mass is 582 g/mol. The van der Waals surface area contributed by atoms with E-state index in [1.807, 2.05) is 6.92 Å². The summed E-state index contributed by atoms with van der Waals surface area (Å²) in [6, 6.07) is 10.2. The Morgan fingerprint density at radius 3 is 2.39 bits per heavy atom. The molecule has 0 bridgehead atoms. The number of carbonyl (C=O) groups is 2. The van der Waals surface area contributed by atoms with Gasteiger partial charge < -0.3 is 20.8 Å². The molecule has 8 nitrogen and oxygen atoms in total. The van der Waals surface area contributed by atoms with Crippen molar-refractivity contribution in [2.75, 3.05) is 18.9 Å². The second-order valence-electron chi connectivity index (χ2n) is 9.90. The molecule has 3 aromatic rings. The fourth-order valence-corrected chi connectivity index (χ4v) is 3.77. The molecule has 1 heterocycles. The van der Waals surface area contributed by atoms with E-state index in [2.05, 4.69) is 15.6 Å². The lowest BCUT2D eigenvalue weighted by Crippen LogP contribution is -2.39. The van der Waals surface area contributed by atoms with E-state index in [0.717, 1.165) is 17.9 Å². The Kier molecular flexibility index (Phi) is 14.7. The Balaban J connectivity index is 0.000000310. The van der Waals surface area contributed by atoms with E-state index in [1.54, 1.807) is 44.1 Å². The van der Waals surface area contributed by atoms with Gasteiger partial charge in [0.25, 0.3) is 6.43 Å². The first-order valence-electron chi connectivity index (χ1n) is 12.8. The average Bonchev–Trinajstić information content (AvgIpc) is 2.87. The van der Waals surface area contributed by atoms with Crippen LogP contribution in [0.15, 0.2) is 48.7 Å². The molecule has 3 rings (SSSR count). The number of carbonyl (C=O) groups excluding carboxylic acids is 2. The van der Waals surface area contributed by atoms with E-state index in [9.17, 15) is 32.3 Å². The molecule has 0 fully saturated rings. The van der Waals surface area contributed by atoms with Gasteiger partial charge in [-0.1, -0.05) is 19.1 Å². The summed E-state index contributed by atoms with van der Waals surface area (Å²) in [7, 11) is 1.67. The number of para-hydroxylation sites is 1. The highest BCUT2D eigenvalue weighted by Gasteiger charge is 2.23. The molecular formula is C29H38F4N4O4. The van der Waals surface area contributed by atoms with Crippen LogP contribution in [0.1, 0.15) is 46.1 Å². The molecule has 0 aliphatic heterocycles. The van der Waals surface area contributed by atoms with Gasteiger partial charge >= 0.3 is 0 Å². The molecule has 4 N–H and O–H groups in total. The third-order valence-electron chi connectivity index (χ3n) is 5.69. The first-order chi connectivity index (χ1) is 19.2. The van der Waals surface area contributed by atoms with Crippen LogP contribution >= 0.6 is 0 Å². The molecule has 1 atom stereocenters. The number of anilines is 1. The molecule has 0 spiro atoms. The number of fused-ring (bicyclic) bond motifs is 1. The fourth-order valence-electron chi connectivity index (χ4n) is 3.77. The van der Waals surface area contributed by atoms with Crippen LogP contribution in [0, 0.1) is 11.6 Å². The second-order valence-corrected chi connectivity index (χ2v) is 9.90. The molecule has 0 aliphatic rings. The van der Waals surface area contributed by atoms with Gasteiger partial charge in [0.2, 0.25) is 12.3 Å². The number of aliphatic hydroxyl groups is 1. The Morgan fingerprint density at radius 2 is 1.83 bits per heavy atom. The van der Waals surface area contributed by atoms with Crippen molar-refractivity contribution in [1.82, 2.24) is 15.2 Å². The summed E-state index contributed by atoms with van der Waals surface area (Å²) in [4.78, 5) is 26.3. The highest BCUT2D eigenvalue weighted by Crippen LogP contribution is 2.20. The molecule has 0 saturated carbocycles. The van der Waals surface area contributed by atoms with Crippen molar-refractivity contribution in [3.05, 3.63) is 65.9 Å². The minimum absolute atomic E-state index is 0.0176. The molecule has 1 aromatic heterocycles. The van der Waals surface area contributed by atoms with Gasteiger partial charge in [-0.15, -0.1) is 0 Å². The third-order valence-corrected chi connectivity index (χ3v) is 5.69. The number of halogens is 4. The number of aromatic hydroxyl groups is 1. The van der Waals surface area contributed by atoms with Crippen LogP contribution in [0.4, 0.5) is 23.4 Å². The van der Waals surface area contributed by atoms with Gasteiger partial charge in [-0.3, -0.25) is 14.5 Å². The summed E-state index contributed by atoms with van der Waals surface area (Å²) in [5, 5.41) is 25.1. The predicted molar refractivity (Wildman–Crippen MR) is 151 cm³/mol. The van der Waals surface area contributed by atoms with Crippen LogP contribution < -0.4 is 10.6 Å². The Morgan fingerprint density at radius 1 is 1.15 bits per heavy atom. The van der Waals surface area contributed by atoms with Crippen molar-refractivity contribution in [2.24, 2.45) is 0 Å². The van der Waals surface area contributed by atoms with E-state index in [4.69, 9.17) is 5.11 Å². The van der Waals surface area contributed by atoms with Gasteiger partial charge in [0.05, 0.1) is 12.1 Å². The van der Waals surface area contributed by atoms with Crippen molar-refractivity contribution in [1.29, 1.82) is 0 Å². The molecule has 0 radical (unpaired) electrons. The highest BCUT2D eigenvalue weighted by atomic mass is 19.3. The Bertz CT molecular complexity index is 1260. The summed E-state index contributed by atoms with van der Waals surface area (Å²) in [5.41, 5.74) is -0.432. The maximum Gasteiger partial charge on any atom is 0.251 e. The number of amides is 2. The quantitative estimate of drug-likeness (QED) is 0.192. The smallest absolute Gasteiger partial charge is 0.251 e. The fraction of sp³-hybridized carbons (Fsp3) is 0.414. The number of nitrogens with zero attached hydrogens (tertiary/aromatic N) is 2. The van der Waals surface area contributed by atoms with Gasteiger partial charge in [-0.2, -0.15) is 0 Å². The number of phenolic OH excluding ortho intramolecular Hbond substituents is 1. The molecule has 2 aromatic carbocycles. The summed E-state index contributed by atoms with van der Waals surface area (Å²) in [6.45, 7) is 6.65. The normalized spacial score (nSPS) is 11.7. The molecule has 1 unspecified atom stereocenters. The van der Waals surface area contributed by atoms with Crippen LogP contribution in [0.3, 0.4) is 0 Å². The Labute approximate surface area is 237 Å². The maximum atomic E-state index is 12.9. The molecule has 0 saturated heterocycles. The summed E-state index contributed by atoms with van der Waals surface area (Å²) in [5.74, 6) is -1.16. The van der Waals surface area contributed by atoms with Crippen molar-refractivity contribution in [3.8, 4) is 5.75 Å². The molecule has 12 heteroatoms. The first kappa shape index (κ1) is 35.3. The van der Waals surface area contributed by atoms with Crippen molar-refractivity contribution >= 4 is 28.9 Å². The molecule has 0 aliphatic carbocycles. The average molecular weight is 583 g/mol. The zero-order valence-electron chi connectivity index (χ0n) is 23.8. The number of alkyl halides is 2. The minimum Gasteiger partial charge on any atom is -0.505 e. The third kappa shape index (κ3) is 13.9. The lowest BCUT2D eigenvalue weighted by atomic mass is 9.96. The van der Waals surface area contributed by atoms with E-state index in [1.165, 1.54) is 31.2 Å². The number of rotatable bonds is 10. The number of benzene rings is 2. The second kappa shape index (κ2) is 17.1. The van der Waals surface area contributed by atoms with E-state index < -0.39 is 23.6 Å². The molecular weight excluding hydrogens is 544 g/mol. The SMILES string of the molecule is CC(=O)Nc1cc2cc(F)ccc2cn1.CCC(CC(C)(C)O)N(C)CC(F)F.O=CNCc1cccc(F)c1O. The van der Waals surface area contributed by atoms with E-state index >= 15 is 0 Å². The largest absolute Gasteiger partial charge is 0.505 e. The molecule has 41 heavy (non-hydrogen) atoms. The van der Waals surface area contributed by atoms with Crippen LogP contribution in [-0.2, 0) is 16.1 Å². The van der Waals surface area contributed by atoms with Gasteiger partial charge in [0.1, 0.15) is 11.6 Å². The lowest BCUT2D eigenvalue weighted by Gasteiger charge is -2.31. The number of aromatic nitrogens is 1. The molecule has 226 valence electrons. The molecule has 2 amide bonds.